The van der Waals surface area contributed by atoms with Crippen LogP contribution < -0.4 is 0 Å². The second kappa shape index (κ2) is 6.36. The quantitative estimate of drug-likeness (QED) is 0.653. The van der Waals surface area contributed by atoms with E-state index in [0.717, 1.165) is 0 Å². The molecule has 1 atom stereocenters. The summed E-state index contributed by atoms with van der Waals surface area (Å²) < 4.78 is 11.7. The molecule has 0 saturated carbocycles. The normalized spacial score (nSPS) is 12.7. The molecule has 0 aliphatic carbocycles. The van der Waals surface area contributed by atoms with Gasteiger partial charge in [-0.15, -0.1) is 0 Å². The van der Waals surface area contributed by atoms with Crippen molar-refractivity contribution in [2.75, 3.05) is 0 Å². The summed E-state index contributed by atoms with van der Waals surface area (Å²) in [4.78, 5) is 42.8. The van der Waals surface area contributed by atoms with Crippen LogP contribution in [-0.2, 0) is 4.57 Å². The Labute approximate surface area is 127 Å². The first-order valence-corrected chi connectivity index (χ1v) is 8.24. The van der Waals surface area contributed by atoms with Gasteiger partial charge in [-0.25, -0.2) is 0 Å². The molecular formula is C16H15O5P. The summed E-state index contributed by atoms with van der Waals surface area (Å²) in [5.41, 5.74) is -0.695. The fourth-order valence-electron chi connectivity index (χ4n) is 2.16. The Morgan fingerprint density at radius 1 is 0.909 bits per heavy atom. The van der Waals surface area contributed by atoms with E-state index in [1.807, 2.05) is 0 Å². The highest BCUT2D eigenvalue weighted by Crippen LogP contribution is 2.53. The van der Waals surface area contributed by atoms with Gasteiger partial charge in [-0.2, -0.15) is 0 Å². The zero-order valence-corrected chi connectivity index (χ0v) is 12.7. The van der Waals surface area contributed by atoms with Gasteiger partial charge < -0.3 is 9.79 Å². The van der Waals surface area contributed by atoms with Gasteiger partial charge in [-0.05, 0) is 12.5 Å². The monoisotopic (exact) mass is 318 g/mol. The molecular weight excluding hydrogens is 303 g/mol. The predicted molar refractivity (Wildman–Crippen MR) is 82.0 cm³/mol. The van der Waals surface area contributed by atoms with Crippen LogP contribution in [0.25, 0.3) is 0 Å². The van der Waals surface area contributed by atoms with Crippen molar-refractivity contribution < 1.29 is 23.9 Å². The first-order valence-electron chi connectivity index (χ1n) is 6.56. The molecule has 1 unspecified atom stereocenters. The minimum absolute atomic E-state index is 0.145. The maximum absolute atomic E-state index is 12.5. The Morgan fingerprint density at radius 3 is 1.86 bits per heavy atom. The van der Waals surface area contributed by atoms with Gasteiger partial charge in [0.2, 0.25) is 0 Å². The third-order valence-electron chi connectivity index (χ3n) is 3.28. The number of Topliss-reactive ketones (excluding diaryl/α,β-unsaturated/α-hetero) is 2. The lowest BCUT2D eigenvalue weighted by Crippen LogP contribution is -2.13. The average Bonchev–Trinajstić information content (AvgIpc) is 2.47. The largest absolute Gasteiger partial charge is 0.340 e. The Bertz CT molecular complexity index is 731. The zero-order valence-electron chi connectivity index (χ0n) is 11.8. The Hall–Kier alpha value is -2.07. The molecule has 0 radical (unpaired) electrons. The van der Waals surface area contributed by atoms with Crippen molar-refractivity contribution >= 4 is 19.2 Å². The minimum Gasteiger partial charge on any atom is -0.324 e. The van der Waals surface area contributed by atoms with Crippen molar-refractivity contribution in [1.29, 1.82) is 0 Å². The Balaban J connectivity index is 2.42. The molecule has 22 heavy (non-hydrogen) atoms. The Morgan fingerprint density at radius 2 is 1.41 bits per heavy atom. The van der Waals surface area contributed by atoms with E-state index in [-0.39, 0.29) is 16.9 Å². The molecule has 0 saturated heterocycles. The lowest BCUT2D eigenvalue weighted by atomic mass is 10.0. The smallest absolute Gasteiger partial charge is 0.324 e. The average molecular weight is 318 g/mol. The van der Waals surface area contributed by atoms with Crippen molar-refractivity contribution in [3.8, 4) is 0 Å². The van der Waals surface area contributed by atoms with Gasteiger partial charge in [0.05, 0.1) is 0 Å². The number of ketones is 2. The van der Waals surface area contributed by atoms with Gasteiger partial charge in [-0.3, -0.25) is 14.2 Å². The lowest BCUT2D eigenvalue weighted by Gasteiger charge is -2.17. The van der Waals surface area contributed by atoms with Crippen molar-refractivity contribution in [1.82, 2.24) is 0 Å². The number of carbonyl (C=O) groups is 2. The highest BCUT2D eigenvalue weighted by Gasteiger charge is 2.37. The van der Waals surface area contributed by atoms with Crippen LogP contribution in [0.15, 0.2) is 54.6 Å². The van der Waals surface area contributed by atoms with E-state index in [1.165, 1.54) is 43.3 Å². The SMILES string of the molecule is CC(=O)c1ccc(C(=O)C(c2ccccc2)P(=O)(O)O)cc1. The van der Waals surface area contributed by atoms with E-state index < -0.39 is 19.0 Å². The molecule has 0 spiro atoms. The molecule has 2 rings (SSSR count). The van der Waals surface area contributed by atoms with Crippen LogP contribution in [0.4, 0.5) is 0 Å². The fraction of sp³-hybridized carbons (Fsp3) is 0.125. The molecule has 2 aromatic carbocycles. The molecule has 2 N–H and O–H groups in total. The molecule has 0 aliphatic rings. The molecule has 6 heteroatoms. The maximum Gasteiger partial charge on any atom is 0.340 e. The fourth-order valence-corrected chi connectivity index (χ4v) is 3.18. The molecule has 0 bridgehead atoms. The van der Waals surface area contributed by atoms with Crippen molar-refractivity contribution in [2.24, 2.45) is 0 Å². The molecule has 0 amide bonds. The van der Waals surface area contributed by atoms with Crippen LogP contribution in [0.1, 0.15) is 38.9 Å². The second-order valence-electron chi connectivity index (χ2n) is 4.90. The van der Waals surface area contributed by atoms with Gasteiger partial charge >= 0.3 is 7.60 Å². The third kappa shape index (κ3) is 3.57. The summed E-state index contributed by atoms with van der Waals surface area (Å²) in [6.45, 7) is 1.40. The summed E-state index contributed by atoms with van der Waals surface area (Å²) in [5.74, 6) is -0.816. The van der Waals surface area contributed by atoms with Gasteiger partial charge in [0.1, 0.15) is 5.66 Å². The van der Waals surface area contributed by atoms with Crippen molar-refractivity contribution in [3.05, 3.63) is 71.3 Å². The zero-order chi connectivity index (χ0) is 16.3. The first-order chi connectivity index (χ1) is 10.3. The van der Waals surface area contributed by atoms with Crippen LogP contribution in [0.5, 0.6) is 0 Å². The van der Waals surface area contributed by atoms with Crippen LogP contribution >= 0.6 is 7.60 Å². The maximum atomic E-state index is 12.5. The highest BCUT2D eigenvalue weighted by molar-refractivity contribution is 7.53. The van der Waals surface area contributed by atoms with Crippen LogP contribution in [0.2, 0.25) is 0 Å². The Kier molecular flexibility index (Phi) is 4.71. The van der Waals surface area contributed by atoms with Gasteiger partial charge in [-0.1, -0.05) is 54.6 Å². The standard InChI is InChI=1S/C16H15O5P/c1-11(17)12-7-9-13(10-8-12)15(18)16(22(19,20)21)14-5-3-2-4-6-14/h2-10,16H,1H3,(H2,19,20,21). The molecule has 0 aliphatic heterocycles. The van der Waals surface area contributed by atoms with Gasteiger partial charge in [0.15, 0.2) is 11.6 Å². The third-order valence-corrected chi connectivity index (χ3v) is 4.48. The van der Waals surface area contributed by atoms with Gasteiger partial charge in [0, 0.05) is 11.1 Å². The molecule has 114 valence electrons. The number of rotatable bonds is 5. The van der Waals surface area contributed by atoms with E-state index in [4.69, 9.17) is 0 Å². The summed E-state index contributed by atoms with van der Waals surface area (Å²) >= 11 is 0. The predicted octanol–water partition coefficient (Wildman–Crippen LogP) is 2.99. The molecule has 0 fully saturated rings. The van der Waals surface area contributed by atoms with Crippen LogP contribution in [0, 0.1) is 0 Å². The second-order valence-corrected chi connectivity index (χ2v) is 6.59. The summed E-state index contributed by atoms with van der Waals surface area (Å²) in [7, 11) is -4.67. The van der Waals surface area contributed by atoms with Crippen molar-refractivity contribution in [3.63, 3.8) is 0 Å². The van der Waals surface area contributed by atoms with E-state index in [9.17, 15) is 23.9 Å². The van der Waals surface area contributed by atoms with Crippen LogP contribution in [0.3, 0.4) is 0 Å². The topological polar surface area (TPSA) is 91.7 Å². The summed E-state index contributed by atoms with van der Waals surface area (Å²) in [6, 6.07) is 13.7. The highest BCUT2D eigenvalue weighted by atomic mass is 31.2. The van der Waals surface area contributed by atoms with E-state index in [0.29, 0.717) is 5.56 Å². The lowest BCUT2D eigenvalue weighted by molar-refractivity contribution is 0.0974. The summed E-state index contributed by atoms with van der Waals surface area (Å²) in [5, 5.41) is 0. The number of hydrogen-bond donors (Lipinski definition) is 2. The van der Waals surface area contributed by atoms with E-state index >= 15 is 0 Å². The van der Waals surface area contributed by atoms with E-state index in [2.05, 4.69) is 0 Å². The molecule has 2 aromatic rings. The summed E-state index contributed by atoms with van der Waals surface area (Å²) in [6.07, 6.45) is 0. The molecule has 0 aromatic heterocycles. The van der Waals surface area contributed by atoms with Gasteiger partial charge in [0.25, 0.3) is 0 Å². The number of benzene rings is 2. The van der Waals surface area contributed by atoms with E-state index in [1.54, 1.807) is 18.2 Å². The molecule has 5 nitrogen and oxygen atoms in total. The molecule has 0 heterocycles. The number of carbonyl (C=O) groups excluding carboxylic acids is 2. The van der Waals surface area contributed by atoms with Crippen molar-refractivity contribution in [2.45, 2.75) is 12.6 Å². The number of hydrogen-bond acceptors (Lipinski definition) is 3. The van der Waals surface area contributed by atoms with Crippen LogP contribution in [-0.4, -0.2) is 21.4 Å². The minimum atomic E-state index is -4.67. The first kappa shape index (κ1) is 16.3.